The molecule has 5 nitrogen and oxygen atoms in total. The minimum Gasteiger partial charge on any atom is -0.494 e. The van der Waals surface area contributed by atoms with Crippen LogP contribution in [0.3, 0.4) is 0 Å². The monoisotopic (exact) mass is 343 g/mol. The zero-order chi connectivity index (χ0) is 17.5. The number of carbonyl (C=O) groups is 1. The van der Waals surface area contributed by atoms with Crippen molar-refractivity contribution in [2.45, 2.75) is 32.7 Å². The fraction of sp³-hybridized carbons (Fsp3) is 0.389. The van der Waals surface area contributed by atoms with E-state index >= 15 is 0 Å². The molecule has 1 atom stereocenters. The molecule has 2 rings (SSSR count). The van der Waals surface area contributed by atoms with Gasteiger partial charge in [-0.3, -0.25) is 4.79 Å². The van der Waals surface area contributed by atoms with Gasteiger partial charge in [0.25, 0.3) is 0 Å². The molecule has 2 aromatic rings. The molecular weight excluding hydrogens is 322 g/mol. The fourth-order valence-corrected chi connectivity index (χ4v) is 3.00. The van der Waals surface area contributed by atoms with Crippen LogP contribution in [0.4, 0.5) is 0 Å². The number of nitrogens with zero attached hydrogens (tertiary/aromatic N) is 3. The van der Waals surface area contributed by atoms with E-state index in [0.717, 1.165) is 22.0 Å². The lowest BCUT2D eigenvalue weighted by atomic mass is 10.2. The topological polar surface area (TPSA) is 66.2 Å². The highest BCUT2D eigenvalue weighted by atomic mass is 32.1. The Hall–Kier alpha value is -2.39. The Morgan fingerprint density at radius 1 is 1.42 bits per heavy atom. The summed E-state index contributed by atoms with van der Waals surface area (Å²) in [6, 6.07) is 9.77. The number of rotatable bonds is 7. The molecule has 0 saturated carbocycles. The van der Waals surface area contributed by atoms with Gasteiger partial charge in [0.15, 0.2) is 0 Å². The van der Waals surface area contributed by atoms with Crippen LogP contribution >= 0.6 is 11.3 Å². The van der Waals surface area contributed by atoms with Gasteiger partial charge < -0.3 is 9.64 Å². The van der Waals surface area contributed by atoms with Crippen LogP contribution in [0.2, 0.25) is 0 Å². The first kappa shape index (κ1) is 18.0. The Kier molecular flexibility index (Phi) is 6.33. The van der Waals surface area contributed by atoms with E-state index in [1.165, 1.54) is 11.3 Å². The molecule has 6 heteroatoms. The number of ether oxygens (including phenoxy) is 1. The van der Waals surface area contributed by atoms with Gasteiger partial charge in [-0.1, -0.05) is 0 Å². The summed E-state index contributed by atoms with van der Waals surface area (Å²) in [4.78, 5) is 18.4. The Bertz CT molecular complexity index is 719. The maximum Gasteiger partial charge on any atom is 0.228 e. The van der Waals surface area contributed by atoms with E-state index in [9.17, 15) is 4.79 Å². The van der Waals surface area contributed by atoms with Crippen LogP contribution in [-0.2, 0) is 11.2 Å². The minimum atomic E-state index is -0.0910. The van der Waals surface area contributed by atoms with E-state index < -0.39 is 0 Å². The third-order valence-corrected chi connectivity index (χ3v) is 4.68. The van der Waals surface area contributed by atoms with Crippen LogP contribution in [0.1, 0.15) is 26.0 Å². The molecule has 0 unspecified atom stereocenters. The van der Waals surface area contributed by atoms with E-state index in [2.05, 4.69) is 11.1 Å². The molecule has 0 spiro atoms. The van der Waals surface area contributed by atoms with Gasteiger partial charge in [0.05, 0.1) is 31.2 Å². The molecule has 0 radical (unpaired) electrons. The molecule has 1 aromatic heterocycles. The maximum absolute atomic E-state index is 12.3. The van der Waals surface area contributed by atoms with Gasteiger partial charge in [-0.15, -0.1) is 11.3 Å². The standard InChI is InChI=1S/C18H21N3O2S/c1-4-23-16-7-5-14(6-8-16)18-20-15(12-24-18)11-17(22)21(3)13(2)9-10-19/h5-8,12-13H,4,9,11H2,1-3H3/t13-/m0/s1. The highest BCUT2D eigenvalue weighted by Crippen LogP contribution is 2.26. The second kappa shape index (κ2) is 8.46. The molecular formula is C18H21N3O2S. The van der Waals surface area contributed by atoms with Gasteiger partial charge in [0.2, 0.25) is 5.91 Å². The van der Waals surface area contributed by atoms with Gasteiger partial charge >= 0.3 is 0 Å². The highest BCUT2D eigenvalue weighted by molar-refractivity contribution is 7.13. The number of benzene rings is 1. The van der Waals surface area contributed by atoms with Crippen molar-refractivity contribution in [3.63, 3.8) is 0 Å². The van der Waals surface area contributed by atoms with Crippen molar-refractivity contribution >= 4 is 17.2 Å². The lowest BCUT2D eigenvalue weighted by Crippen LogP contribution is -2.35. The van der Waals surface area contributed by atoms with Crippen LogP contribution in [-0.4, -0.2) is 35.5 Å². The number of aromatic nitrogens is 1. The van der Waals surface area contributed by atoms with Gasteiger partial charge in [-0.2, -0.15) is 5.26 Å². The average molecular weight is 343 g/mol. The Morgan fingerprint density at radius 2 is 2.12 bits per heavy atom. The molecule has 0 N–H and O–H groups in total. The van der Waals surface area contributed by atoms with Crippen LogP contribution in [0, 0.1) is 11.3 Å². The third-order valence-electron chi connectivity index (χ3n) is 3.74. The molecule has 1 amide bonds. The fourth-order valence-electron chi connectivity index (χ4n) is 2.18. The summed E-state index contributed by atoms with van der Waals surface area (Å²) in [6.07, 6.45) is 0.580. The van der Waals surface area contributed by atoms with Crippen molar-refractivity contribution in [3.8, 4) is 22.4 Å². The normalized spacial score (nSPS) is 11.6. The number of nitriles is 1. The van der Waals surface area contributed by atoms with Crippen molar-refractivity contribution in [2.24, 2.45) is 0 Å². The maximum atomic E-state index is 12.3. The van der Waals surface area contributed by atoms with E-state index in [-0.39, 0.29) is 18.4 Å². The average Bonchev–Trinajstić information content (AvgIpc) is 3.03. The molecule has 0 aliphatic carbocycles. The van der Waals surface area contributed by atoms with Crippen molar-refractivity contribution in [1.82, 2.24) is 9.88 Å². The molecule has 0 aliphatic heterocycles. The first-order valence-electron chi connectivity index (χ1n) is 7.85. The lowest BCUT2D eigenvalue weighted by Gasteiger charge is -2.22. The summed E-state index contributed by atoms with van der Waals surface area (Å²) in [5, 5.41) is 11.5. The summed E-state index contributed by atoms with van der Waals surface area (Å²) in [5.74, 6) is 0.808. The van der Waals surface area contributed by atoms with E-state index in [4.69, 9.17) is 10.00 Å². The molecule has 24 heavy (non-hydrogen) atoms. The minimum absolute atomic E-state index is 0.0266. The van der Waals surface area contributed by atoms with E-state index in [0.29, 0.717) is 13.0 Å². The molecule has 1 heterocycles. The first-order chi connectivity index (χ1) is 11.5. The SMILES string of the molecule is CCOc1ccc(-c2nc(CC(=O)N(C)[C@@H](C)CC#N)cs2)cc1. The summed E-state index contributed by atoms with van der Waals surface area (Å²) in [6.45, 7) is 4.46. The highest BCUT2D eigenvalue weighted by Gasteiger charge is 2.17. The molecule has 0 fully saturated rings. The van der Waals surface area contributed by atoms with Crippen LogP contribution in [0.25, 0.3) is 10.6 Å². The van der Waals surface area contributed by atoms with Gasteiger partial charge in [0, 0.05) is 24.0 Å². The summed E-state index contributed by atoms with van der Waals surface area (Å²) < 4.78 is 5.43. The first-order valence-corrected chi connectivity index (χ1v) is 8.73. The number of hydrogen-bond donors (Lipinski definition) is 0. The van der Waals surface area contributed by atoms with Crippen molar-refractivity contribution in [2.75, 3.05) is 13.7 Å². The van der Waals surface area contributed by atoms with Gasteiger partial charge in [-0.05, 0) is 38.1 Å². The molecule has 126 valence electrons. The smallest absolute Gasteiger partial charge is 0.228 e. The zero-order valence-electron chi connectivity index (χ0n) is 14.2. The second-order valence-corrected chi connectivity index (χ2v) is 6.35. The molecule has 0 saturated heterocycles. The molecule has 0 bridgehead atoms. The number of hydrogen-bond acceptors (Lipinski definition) is 5. The van der Waals surface area contributed by atoms with Gasteiger partial charge in [-0.25, -0.2) is 4.98 Å². The predicted molar refractivity (Wildman–Crippen MR) is 94.9 cm³/mol. The number of likely N-dealkylation sites (N-methyl/N-ethyl adjacent to an activating group) is 1. The zero-order valence-corrected chi connectivity index (χ0v) is 15.0. The Balaban J connectivity index is 2.02. The van der Waals surface area contributed by atoms with E-state index in [1.807, 2.05) is 43.5 Å². The summed E-state index contributed by atoms with van der Waals surface area (Å²) >= 11 is 1.52. The van der Waals surface area contributed by atoms with Crippen LogP contribution in [0.15, 0.2) is 29.6 Å². The van der Waals surface area contributed by atoms with Crippen LogP contribution in [0.5, 0.6) is 5.75 Å². The number of carbonyl (C=O) groups excluding carboxylic acids is 1. The molecule has 1 aromatic carbocycles. The van der Waals surface area contributed by atoms with Crippen molar-refractivity contribution in [3.05, 3.63) is 35.3 Å². The number of amides is 1. The van der Waals surface area contributed by atoms with Gasteiger partial charge in [0.1, 0.15) is 10.8 Å². The van der Waals surface area contributed by atoms with E-state index in [1.54, 1.807) is 11.9 Å². The Labute approximate surface area is 146 Å². The quantitative estimate of drug-likeness (QED) is 0.771. The predicted octanol–water partition coefficient (Wildman–Crippen LogP) is 3.51. The second-order valence-electron chi connectivity index (χ2n) is 5.49. The van der Waals surface area contributed by atoms with Crippen molar-refractivity contribution < 1.29 is 9.53 Å². The lowest BCUT2D eigenvalue weighted by molar-refractivity contribution is -0.130. The van der Waals surface area contributed by atoms with Crippen LogP contribution < -0.4 is 4.74 Å². The largest absolute Gasteiger partial charge is 0.494 e. The third kappa shape index (κ3) is 4.56. The summed E-state index contributed by atoms with van der Waals surface area (Å²) in [7, 11) is 1.73. The summed E-state index contributed by atoms with van der Waals surface area (Å²) in [5.41, 5.74) is 1.76. The number of thiazole rings is 1. The Morgan fingerprint density at radius 3 is 2.75 bits per heavy atom. The molecule has 0 aliphatic rings. The van der Waals surface area contributed by atoms with Crippen molar-refractivity contribution in [1.29, 1.82) is 5.26 Å².